The number of phenolic OH excluding ortho intramolecular Hbond substituents is 1. The predicted molar refractivity (Wildman–Crippen MR) is 185 cm³/mol. The van der Waals surface area contributed by atoms with Gasteiger partial charge in [0, 0.05) is 82.6 Å². The van der Waals surface area contributed by atoms with Gasteiger partial charge in [0.1, 0.15) is 5.75 Å². The van der Waals surface area contributed by atoms with E-state index >= 15 is 0 Å². The van der Waals surface area contributed by atoms with Crippen molar-refractivity contribution >= 4 is 23.7 Å². The third kappa shape index (κ3) is 7.42. The molecule has 0 radical (unpaired) electrons. The quantitative estimate of drug-likeness (QED) is 0.477. The minimum atomic E-state index is -0.971. The van der Waals surface area contributed by atoms with Crippen molar-refractivity contribution in [1.29, 1.82) is 0 Å². The van der Waals surface area contributed by atoms with E-state index in [0.717, 1.165) is 73.4 Å². The lowest BCUT2D eigenvalue weighted by molar-refractivity contribution is -0.143. The van der Waals surface area contributed by atoms with E-state index in [0.29, 0.717) is 45.6 Å². The molecule has 4 aliphatic heterocycles. The molecule has 0 aliphatic carbocycles. The largest absolute Gasteiger partial charge is 0.507 e. The number of aromatic hydroxyl groups is 1. The van der Waals surface area contributed by atoms with Gasteiger partial charge in [0.05, 0.1) is 0 Å². The number of aryl methyl sites for hydroxylation is 2. The number of likely N-dealkylation sites (tertiary alicyclic amines) is 2. The molecule has 0 unspecified atom stereocenters. The van der Waals surface area contributed by atoms with Crippen LogP contribution in [0.3, 0.4) is 0 Å². The zero-order valence-corrected chi connectivity index (χ0v) is 29.0. The maximum atomic E-state index is 14.1. The molecule has 2 aromatic rings. The van der Waals surface area contributed by atoms with Crippen LogP contribution in [-0.4, -0.2) is 131 Å². The number of piperidine rings is 2. The number of benzene rings is 2. The molecule has 11 nitrogen and oxygen atoms in total. The lowest BCUT2D eigenvalue weighted by Gasteiger charge is -2.49. The second-order valence-electron chi connectivity index (χ2n) is 14.5. The van der Waals surface area contributed by atoms with Gasteiger partial charge in [-0.25, -0.2) is 9.59 Å². The SMILES string of the molecule is Cc1cc(C[C@@H](OC(=O)N2CCC(N3CCc4ccccc4NC3=O)CC2)C(=O)N2CCC(C)(N3CCN(C)CC3)CC2)cc(C)c1O. The number of ether oxygens (including phenoxy) is 1. The van der Waals surface area contributed by atoms with Crippen molar-refractivity contribution in [2.24, 2.45) is 0 Å². The van der Waals surface area contributed by atoms with Crippen molar-refractivity contribution in [2.45, 2.75) is 77.0 Å². The van der Waals surface area contributed by atoms with E-state index in [4.69, 9.17) is 4.74 Å². The average Bonchev–Trinajstić information content (AvgIpc) is 3.25. The number of fused-ring (bicyclic) bond motifs is 1. The monoisotopic (exact) mass is 660 g/mol. The van der Waals surface area contributed by atoms with Crippen molar-refractivity contribution in [3.8, 4) is 5.75 Å². The van der Waals surface area contributed by atoms with Crippen molar-refractivity contribution < 1.29 is 24.2 Å². The van der Waals surface area contributed by atoms with Crippen LogP contribution in [0.5, 0.6) is 5.75 Å². The van der Waals surface area contributed by atoms with Crippen LogP contribution in [0.25, 0.3) is 0 Å². The molecule has 4 aliphatic rings. The second kappa shape index (κ2) is 14.3. The number of piperazine rings is 1. The van der Waals surface area contributed by atoms with Crippen LogP contribution >= 0.6 is 0 Å². The Morgan fingerprint density at radius 2 is 1.58 bits per heavy atom. The zero-order chi connectivity index (χ0) is 34.0. The first-order valence-electron chi connectivity index (χ1n) is 17.6. The highest BCUT2D eigenvalue weighted by atomic mass is 16.6. The molecule has 0 bridgehead atoms. The molecule has 6 rings (SSSR count). The molecule has 3 fully saturated rings. The molecule has 3 saturated heterocycles. The number of carbonyl (C=O) groups excluding carboxylic acids is 3. The van der Waals surface area contributed by atoms with Gasteiger partial charge < -0.3 is 34.8 Å². The number of nitrogens with zero attached hydrogens (tertiary/aromatic N) is 5. The lowest BCUT2D eigenvalue weighted by atomic mass is 9.86. The van der Waals surface area contributed by atoms with E-state index in [-0.39, 0.29) is 35.7 Å². The van der Waals surface area contributed by atoms with Gasteiger partial charge in [-0.3, -0.25) is 9.69 Å². The molecular formula is C37H52N6O5. The number of hydrogen-bond donors (Lipinski definition) is 2. The molecule has 0 saturated carbocycles. The predicted octanol–water partition coefficient (Wildman–Crippen LogP) is 4.24. The standard InChI is InChI=1S/C37H52N6O5/c1-26-23-28(24-27(2)33(26)44)25-32(34(45)40-17-12-37(3,13-18-40)42-21-19-39(4)20-22-42)48-36(47)41-14-10-30(11-15-41)43-16-9-29-7-5-6-8-31(29)38-35(43)46/h5-8,23-24,30,32,44H,9-22,25H2,1-4H3,(H,38,46)/t32-/m1/s1. The first-order chi connectivity index (χ1) is 23.0. The smallest absolute Gasteiger partial charge is 0.410 e. The first-order valence-corrected chi connectivity index (χ1v) is 17.6. The Hall–Kier alpha value is -3.83. The molecule has 260 valence electrons. The molecular weight excluding hydrogens is 608 g/mol. The number of hydrogen-bond acceptors (Lipinski definition) is 7. The van der Waals surface area contributed by atoms with Gasteiger partial charge in [0.2, 0.25) is 0 Å². The first kappa shape index (κ1) is 34.0. The number of para-hydroxylation sites is 1. The fourth-order valence-electron chi connectivity index (χ4n) is 7.93. The van der Waals surface area contributed by atoms with E-state index in [1.165, 1.54) is 0 Å². The lowest BCUT2D eigenvalue weighted by Crippen LogP contribution is -2.60. The number of nitrogens with one attached hydrogen (secondary N) is 1. The molecule has 2 N–H and O–H groups in total. The van der Waals surface area contributed by atoms with Crippen molar-refractivity contribution in [1.82, 2.24) is 24.5 Å². The maximum Gasteiger partial charge on any atom is 0.410 e. The summed E-state index contributed by atoms with van der Waals surface area (Å²) in [4.78, 5) is 51.2. The Morgan fingerprint density at radius 1 is 0.938 bits per heavy atom. The van der Waals surface area contributed by atoms with Gasteiger partial charge in [-0.1, -0.05) is 30.3 Å². The van der Waals surface area contributed by atoms with Crippen LogP contribution in [0.15, 0.2) is 36.4 Å². The maximum absolute atomic E-state index is 14.1. The van der Waals surface area contributed by atoms with Crippen LogP contribution in [-0.2, 0) is 22.4 Å². The average molecular weight is 661 g/mol. The van der Waals surface area contributed by atoms with Crippen LogP contribution in [0.1, 0.15) is 54.9 Å². The van der Waals surface area contributed by atoms with Crippen molar-refractivity contribution in [3.05, 3.63) is 58.7 Å². The highest BCUT2D eigenvalue weighted by molar-refractivity contribution is 5.91. The third-order valence-corrected chi connectivity index (χ3v) is 11.2. The number of urea groups is 1. The molecule has 11 heteroatoms. The van der Waals surface area contributed by atoms with Crippen LogP contribution in [0, 0.1) is 13.8 Å². The summed E-state index contributed by atoms with van der Waals surface area (Å²) in [6.07, 6.45) is 2.60. The summed E-state index contributed by atoms with van der Waals surface area (Å²) >= 11 is 0. The van der Waals surface area contributed by atoms with Crippen LogP contribution in [0.2, 0.25) is 0 Å². The van der Waals surface area contributed by atoms with Crippen LogP contribution < -0.4 is 5.32 Å². The van der Waals surface area contributed by atoms with Crippen molar-refractivity contribution in [2.75, 3.05) is 71.3 Å². The summed E-state index contributed by atoms with van der Waals surface area (Å²) in [5.74, 6) is 0.0746. The topological polar surface area (TPSA) is 109 Å². The molecule has 0 aromatic heterocycles. The molecule has 1 atom stereocenters. The van der Waals surface area contributed by atoms with Gasteiger partial charge in [-0.15, -0.1) is 0 Å². The highest BCUT2D eigenvalue weighted by Crippen LogP contribution is 2.31. The Bertz CT molecular complexity index is 1470. The van der Waals surface area contributed by atoms with E-state index < -0.39 is 12.2 Å². The molecule has 4 heterocycles. The molecule has 4 amide bonds. The van der Waals surface area contributed by atoms with E-state index in [1.54, 1.807) is 4.90 Å². The summed E-state index contributed by atoms with van der Waals surface area (Å²) in [7, 11) is 2.16. The molecule has 48 heavy (non-hydrogen) atoms. The van der Waals surface area contributed by atoms with E-state index in [9.17, 15) is 19.5 Å². The van der Waals surface area contributed by atoms with Gasteiger partial charge in [0.25, 0.3) is 5.91 Å². The van der Waals surface area contributed by atoms with Crippen molar-refractivity contribution in [3.63, 3.8) is 0 Å². The highest BCUT2D eigenvalue weighted by Gasteiger charge is 2.40. The van der Waals surface area contributed by atoms with Gasteiger partial charge in [0.15, 0.2) is 6.10 Å². The summed E-state index contributed by atoms with van der Waals surface area (Å²) in [5.41, 5.74) is 4.34. The Balaban J connectivity index is 1.09. The fourth-order valence-corrected chi connectivity index (χ4v) is 7.93. The number of amides is 4. The number of rotatable bonds is 6. The molecule has 2 aromatic carbocycles. The number of phenols is 1. The van der Waals surface area contributed by atoms with Gasteiger partial charge >= 0.3 is 12.1 Å². The Kier molecular flexibility index (Phi) is 10.2. The minimum Gasteiger partial charge on any atom is -0.507 e. The Morgan fingerprint density at radius 3 is 2.25 bits per heavy atom. The van der Waals surface area contributed by atoms with Gasteiger partial charge in [-0.05, 0) is 88.2 Å². The minimum absolute atomic E-state index is 0.0201. The normalized spacial score (nSPS) is 21.7. The van der Waals surface area contributed by atoms with E-state index in [1.807, 2.05) is 60.0 Å². The fraction of sp³-hybridized carbons (Fsp3) is 0.595. The Labute approximate surface area is 284 Å². The summed E-state index contributed by atoms with van der Waals surface area (Å²) in [6, 6.07) is 11.6. The number of likely N-dealkylation sites (N-methyl/N-ethyl adjacent to an activating group) is 1. The third-order valence-electron chi connectivity index (χ3n) is 11.2. The van der Waals surface area contributed by atoms with Gasteiger partial charge in [-0.2, -0.15) is 0 Å². The summed E-state index contributed by atoms with van der Waals surface area (Å²) < 4.78 is 6.09. The number of anilines is 1. The summed E-state index contributed by atoms with van der Waals surface area (Å²) in [6.45, 7) is 12.9. The van der Waals surface area contributed by atoms with Crippen LogP contribution in [0.4, 0.5) is 15.3 Å². The number of carbonyl (C=O) groups is 3. The summed E-state index contributed by atoms with van der Waals surface area (Å²) in [5, 5.41) is 13.4. The molecule has 0 spiro atoms. The second-order valence-corrected chi connectivity index (χ2v) is 14.5. The van der Waals surface area contributed by atoms with E-state index in [2.05, 4.69) is 29.1 Å². The zero-order valence-electron chi connectivity index (χ0n) is 29.0.